The number of anilines is 2. The second-order valence-corrected chi connectivity index (χ2v) is 11.8. The lowest BCUT2D eigenvalue weighted by atomic mass is 9.97. The van der Waals surface area contributed by atoms with Gasteiger partial charge in [-0.15, -0.1) is 0 Å². The standard InChI is InChI=1S/C34H34Cl2N4/c1-22-10-19-29-34(23(22)2)40(28-17-13-25(36)14-18-28)33-21-31(37-26-8-6-4-3-5-7-9-26)30(20-32(33)39-29)38-27-15-11-24(35)12-16-27/h10-21,26,38H,3-9H2,1-2H3. The van der Waals surface area contributed by atoms with E-state index in [0.717, 1.165) is 57.7 Å². The van der Waals surface area contributed by atoms with Crippen molar-refractivity contribution in [3.8, 4) is 17.1 Å². The Morgan fingerprint density at radius 3 is 2.15 bits per heavy atom. The molecule has 6 heteroatoms. The van der Waals surface area contributed by atoms with Crippen molar-refractivity contribution in [2.45, 2.75) is 64.8 Å². The Morgan fingerprint density at radius 1 is 0.800 bits per heavy atom. The monoisotopic (exact) mass is 568 g/mol. The summed E-state index contributed by atoms with van der Waals surface area (Å²) >= 11 is 12.5. The Kier molecular flexibility index (Phi) is 7.82. The lowest BCUT2D eigenvalue weighted by Crippen LogP contribution is -2.19. The van der Waals surface area contributed by atoms with E-state index < -0.39 is 0 Å². The molecule has 0 amide bonds. The maximum atomic E-state index is 6.31. The number of nitrogens with zero attached hydrogens (tertiary/aromatic N) is 3. The van der Waals surface area contributed by atoms with Gasteiger partial charge in [0.1, 0.15) is 0 Å². The van der Waals surface area contributed by atoms with Crippen molar-refractivity contribution < 1.29 is 0 Å². The van der Waals surface area contributed by atoms with Gasteiger partial charge in [-0.3, -0.25) is 4.99 Å². The predicted octanol–water partition coefficient (Wildman–Crippen LogP) is 9.81. The number of nitrogens with one attached hydrogen (secondary N) is 1. The van der Waals surface area contributed by atoms with Crippen LogP contribution in [0.5, 0.6) is 0 Å². The molecule has 1 N–H and O–H groups in total. The summed E-state index contributed by atoms with van der Waals surface area (Å²) in [4.78, 5) is 10.6. The van der Waals surface area contributed by atoms with Gasteiger partial charge in [0.25, 0.3) is 0 Å². The summed E-state index contributed by atoms with van der Waals surface area (Å²) in [6.45, 7) is 4.33. The van der Waals surface area contributed by atoms with Crippen LogP contribution in [0.2, 0.25) is 10.0 Å². The van der Waals surface area contributed by atoms with Crippen molar-refractivity contribution in [2.24, 2.45) is 4.99 Å². The van der Waals surface area contributed by atoms with Crippen LogP contribution < -0.4 is 10.7 Å². The highest BCUT2D eigenvalue weighted by atomic mass is 35.5. The first-order chi connectivity index (χ1) is 19.5. The molecule has 0 spiro atoms. The summed E-state index contributed by atoms with van der Waals surface area (Å²) in [5.41, 5.74) is 9.39. The van der Waals surface area contributed by atoms with Crippen molar-refractivity contribution in [1.82, 2.24) is 9.55 Å². The van der Waals surface area contributed by atoms with Gasteiger partial charge in [0.05, 0.1) is 39.5 Å². The molecule has 0 unspecified atom stereocenters. The number of rotatable bonds is 4. The maximum absolute atomic E-state index is 6.31. The van der Waals surface area contributed by atoms with Crippen LogP contribution in [0.4, 0.5) is 11.4 Å². The molecule has 6 rings (SSSR count). The highest BCUT2D eigenvalue weighted by Crippen LogP contribution is 2.33. The Morgan fingerprint density at radius 2 is 1.45 bits per heavy atom. The van der Waals surface area contributed by atoms with Gasteiger partial charge in [0.2, 0.25) is 0 Å². The van der Waals surface area contributed by atoms with Gasteiger partial charge in [-0.25, -0.2) is 4.98 Å². The third-order valence-electron chi connectivity index (χ3n) is 8.08. The first-order valence-corrected chi connectivity index (χ1v) is 15.0. The molecule has 1 fully saturated rings. The van der Waals surface area contributed by atoms with Crippen LogP contribution in [-0.4, -0.2) is 15.6 Å². The number of fused-ring (bicyclic) bond motifs is 2. The number of hydrogen-bond acceptors (Lipinski definition) is 3. The zero-order valence-corrected chi connectivity index (χ0v) is 24.6. The molecular weight excluding hydrogens is 535 g/mol. The molecule has 0 bridgehead atoms. The molecule has 3 aromatic rings. The molecule has 3 aliphatic rings. The van der Waals surface area contributed by atoms with Crippen LogP contribution in [-0.2, 0) is 0 Å². The Hall–Kier alpha value is -3.34. The lowest BCUT2D eigenvalue weighted by molar-refractivity contribution is 0.450. The second kappa shape index (κ2) is 11.6. The van der Waals surface area contributed by atoms with Crippen LogP contribution >= 0.6 is 23.2 Å². The Labute approximate surface area is 246 Å². The topological polar surface area (TPSA) is 42.2 Å². The average molecular weight is 570 g/mol. The predicted molar refractivity (Wildman–Crippen MR) is 169 cm³/mol. The van der Waals surface area contributed by atoms with E-state index >= 15 is 0 Å². The zero-order valence-electron chi connectivity index (χ0n) is 23.1. The SMILES string of the molecule is Cc1ccc2nc3cc(Nc4ccc(Cl)cc4)c(=NC4CCCCCCC4)cc-3n(-c3ccc(Cl)cc3)c2c1C. The van der Waals surface area contributed by atoms with E-state index in [1.165, 1.54) is 43.2 Å². The molecule has 1 aliphatic heterocycles. The molecular formula is C34H34Cl2N4. The summed E-state index contributed by atoms with van der Waals surface area (Å²) in [6, 6.07) is 24.8. The third-order valence-corrected chi connectivity index (χ3v) is 8.59. The van der Waals surface area contributed by atoms with Gasteiger partial charge in [-0.1, -0.05) is 61.4 Å². The van der Waals surface area contributed by atoms with Crippen LogP contribution in [0.1, 0.15) is 56.1 Å². The smallest absolute Gasteiger partial charge is 0.0900 e. The van der Waals surface area contributed by atoms with Gasteiger partial charge < -0.3 is 9.88 Å². The van der Waals surface area contributed by atoms with E-state index in [1.54, 1.807) is 0 Å². The number of hydrogen-bond donors (Lipinski definition) is 1. The van der Waals surface area contributed by atoms with E-state index in [0.29, 0.717) is 16.1 Å². The number of aromatic nitrogens is 2. The van der Waals surface area contributed by atoms with Crippen molar-refractivity contribution in [1.29, 1.82) is 0 Å². The van der Waals surface area contributed by atoms with Crippen molar-refractivity contribution in [3.63, 3.8) is 0 Å². The first kappa shape index (κ1) is 26.9. The molecule has 4 nitrogen and oxygen atoms in total. The minimum Gasteiger partial charge on any atom is -0.354 e. The highest BCUT2D eigenvalue weighted by Gasteiger charge is 2.19. The molecule has 1 saturated carbocycles. The van der Waals surface area contributed by atoms with Crippen LogP contribution in [0.15, 0.2) is 77.8 Å². The fourth-order valence-corrected chi connectivity index (χ4v) is 6.01. The minimum absolute atomic E-state index is 0.310. The number of halogens is 2. The largest absolute Gasteiger partial charge is 0.354 e. The number of aryl methyl sites for hydroxylation is 2. The van der Waals surface area contributed by atoms with Crippen molar-refractivity contribution in [3.05, 3.63) is 99.3 Å². The quantitative estimate of drug-likeness (QED) is 0.219. The van der Waals surface area contributed by atoms with Gasteiger partial charge in [-0.2, -0.15) is 0 Å². The van der Waals surface area contributed by atoms with E-state index in [1.807, 2.05) is 36.4 Å². The average Bonchev–Trinajstić information content (AvgIpc) is 2.93. The van der Waals surface area contributed by atoms with Gasteiger partial charge in [0.15, 0.2) is 0 Å². The Bertz CT molecular complexity index is 1680. The molecule has 0 radical (unpaired) electrons. The summed E-state index contributed by atoms with van der Waals surface area (Å²) in [5, 5.41) is 6.02. The number of benzene rings is 4. The van der Waals surface area contributed by atoms with Crippen LogP contribution in [0.25, 0.3) is 28.1 Å². The molecule has 1 heterocycles. The van der Waals surface area contributed by atoms with Gasteiger partial charge in [-0.05, 0) is 105 Å². The van der Waals surface area contributed by atoms with Gasteiger partial charge in [0, 0.05) is 21.4 Å². The molecule has 2 aliphatic carbocycles. The third kappa shape index (κ3) is 5.61. The van der Waals surface area contributed by atoms with Crippen LogP contribution in [0, 0.1) is 13.8 Å². The molecule has 3 aromatic carbocycles. The molecule has 0 atom stereocenters. The molecule has 204 valence electrons. The minimum atomic E-state index is 0.310. The molecule has 0 aromatic heterocycles. The summed E-state index contributed by atoms with van der Waals surface area (Å²) < 4.78 is 2.32. The summed E-state index contributed by atoms with van der Waals surface area (Å²) in [7, 11) is 0. The highest BCUT2D eigenvalue weighted by molar-refractivity contribution is 6.30. The van der Waals surface area contributed by atoms with E-state index in [9.17, 15) is 0 Å². The lowest BCUT2D eigenvalue weighted by Gasteiger charge is -2.23. The zero-order chi connectivity index (χ0) is 27.6. The summed E-state index contributed by atoms with van der Waals surface area (Å²) in [6.07, 6.45) is 8.65. The second-order valence-electron chi connectivity index (χ2n) is 10.9. The molecule has 0 saturated heterocycles. The van der Waals surface area contributed by atoms with E-state index in [4.69, 9.17) is 33.2 Å². The summed E-state index contributed by atoms with van der Waals surface area (Å²) in [5.74, 6) is 0. The molecule has 40 heavy (non-hydrogen) atoms. The normalized spacial score (nSPS) is 15.3. The van der Waals surface area contributed by atoms with Crippen LogP contribution in [0.3, 0.4) is 0 Å². The first-order valence-electron chi connectivity index (χ1n) is 14.3. The fourth-order valence-electron chi connectivity index (χ4n) is 5.76. The van der Waals surface area contributed by atoms with E-state index in [2.05, 4.69) is 60.1 Å². The Balaban J connectivity index is 1.63. The maximum Gasteiger partial charge on any atom is 0.0900 e. The van der Waals surface area contributed by atoms with Crippen molar-refractivity contribution >= 4 is 45.6 Å². The van der Waals surface area contributed by atoms with Gasteiger partial charge >= 0.3 is 0 Å². The van der Waals surface area contributed by atoms with E-state index in [-0.39, 0.29) is 0 Å². The fraction of sp³-hybridized carbons (Fsp3) is 0.294. The van der Waals surface area contributed by atoms with Crippen molar-refractivity contribution in [2.75, 3.05) is 5.32 Å².